The van der Waals surface area contributed by atoms with Crippen molar-refractivity contribution in [1.82, 2.24) is 0 Å². The molecule has 0 aliphatic rings. The zero-order valence-electron chi connectivity index (χ0n) is 11.1. The summed E-state index contributed by atoms with van der Waals surface area (Å²) in [6.45, 7) is 9.40. The molecule has 0 saturated carbocycles. The van der Waals surface area contributed by atoms with Crippen LogP contribution in [0.5, 0.6) is 0 Å². The van der Waals surface area contributed by atoms with Gasteiger partial charge in [-0.1, -0.05) is 13.8 Å². The smallest absolute Gasteiger partial charge is 0.309 e. The molecule has 0 spiro atoms. The second-order valence-corrected chi connectivity index (χ2v) is 5.44. The van der Waals surface area contributed by atoms with Crippen LogP contribution in [0, 0.1) is 11.3 Å². The Morgan fingerprint density at radius 3 is 2.31 bits per heavy atom. The molecular weight excluding hydrogens is 204 g/mol. The van der Waals surface area contributed by atoms with E-state index in [-0.39, 0.29) is 0 Å². The Bertz CT molecular complexity index is 197. The van der Waals surface area contributed by atoms with Crippen molar-refractivity contribution in [2.75, 3.05) is 13.2 Å². The van der Waals surface area contributed by atoms with Crippen molar-refractivity contribution in [3.8, 4) is 0 Å². The van der Waals surface area contributed by atoms with Crippen LogP contribution < -0.4 is 0 Å². The average molecular weight is 230 g/mol. The van der Waals surface area contributed by atoms with Crippen LogP contribution in [0.15, 0.2) is 0 Å². The fourth-order valence-electron chi connectivity index (χ4n) is 1.42. The first-order chi connectivity index (χ1) is 7.36. The number of hydrogen-bond donors (Lipinski definition) is 1. The van der Waals surface area contributed by atoms with Gasteiger partial charge in [-0.05, 0) is 45.4 Å². The van der Waals surface area contributed by atoms with E-state index in [2.05, 4.69) is 13.8 Å². The fraction of sp³-hybridized carbons (Fsp3) is 0.923. The van der Waals surface area contributed by atoms with Crippen LogP contribution >= 0.6 is 0 Å². The van der Waals surface area contributed by atoms with Gasteiger partial charge in [-0.25, -0.2) is 0 Å². The second-order valence-electron chi connectivity index (χ2n) is 5.44. The summed E-state index contributed by atoms with van der Waals surface area (Å²) >= 11 is 0. The van der Waals surface area contributed by atoms with Crippen molar-refractivity contribution >= 4 is 5.97 Å². The van der Waals surface area contributed by atoms with Gasteiger partial charge in [0.15, 0.2) is 0 Å². The largest absolute Gasteiger partial charge is 0.481 e. The summed E-state index contributed by atoms with van der Waals surface area (Å²) in [7, 11) is 0. The summed E-state index contributed by atoms with van der Waals surface area (Å²) in [5.74, 6) is 0.00171. The van der Waals surface area contributed by atoms with Gasteiger partial charge in [0, 0.05) is 13.2 Å². The van der Waals surface area contributed by atoms with Crippen molar-refractivity contribution in [3.63, 3.8) is 0 Å². The number of ether oxygens (including phenoxy) is 1. The minimum Gasteiger partial charge on any atom is -0.481 e. The lowest BCUT2D eigenvalue weighted by molar-refractivity contribution is -0.147. The SMILES string of the molecule is CC(C)CCCOCCCC(C)(C)C(=O)O. The maximum atomic E-state index is 10.8. The number of carbonyl (C=O) groups is 1. The minimum absolute atomic E-state index is 0.624. The molecule has 0 amide bonds. The highest BCUT2D eigenvalue weighted by Crippen LogP contribution is 2.22. The van der Waals surface area contributed by atoms with Crippen LogP contribution in [0.25, 0.3) is 0 Å². The Morgan fingerprint density at radius 2 is 1.81 bits per heavy atom. The normalized spacial score (nSPS) is 12.1. The second kappa shape index (κ2) is 7.66. The van der Waals surface area contributed by atoms with Gasteiger partial charge in [0.2, 0.25) is 0 Å². The van der Waals surface area contributed by atoms with Gasteiger partial charge in [0.05, 0.1) is 5.41 Å². The molecule has 1 N–H and O–H groups in total. The standard InChI is InChI=1S/C13H26O3/c1-11(2)7-5-9-16-10-6-8-13(3,4)12(14)15/h11H,5-10H2,1-4H3,(H,14,15). The molecule has 0 aromatic carbocycles. The Morgan fingerprint density at radius 1 is 1.25 bits per heavy atom. The van der Waals surface area contributed by atoms with E-state index in [0.29, 0.717) is 13.0 Å². The lowest BCUT2D eigenvalue weighted by atomic mass is 9.88. The summed E-state index contributed by atoms with van der Waals surface area (Å²) in [4.78, 5) is 10.8. The molecular formula is C13H26O3. The molecule has 0 radical (unpaired) electrons. The number of carboxylic acid groups (broad SMARTS) is 1. The van der Waals surface area contributed by atoms with Crippen molar-refractivity contribution in [1.29, 1.82) is 0 Å². The van der Waals surface area contributed by atoms with Crippen LogP contribution in [0.4, 0.5) is 0 Å². The molecule has 0 aromatic rings. The molecule has 0 bridgehead atoms. The van der Waals surface area contributed by atoms with Crippen LogP contribution in [0.1, 0.15) is 53.4 Å². The van der Waals surface area contributed by atoms with E-state index in [0.717, 1.165) is 25.4 Å². The van der Waals surface area contributed by atoms with Crippen molar-refractivity contribution < 1.29 is 14.6 Å². The topological polar surface area (TPSA) is 46.5 Å². The van der Waals surface area contributed by atoms with Crippen molar-refractivity contribution in [2.45, 2.75) is 53.4 Å². The summed E-state index contributed by atoms with van der Waals surface area (Å²) in [6.07, 6.45) is 3.79. The van der Waals surface area contributed by atoms with E-state index in [1.54, 1.807) is 13.8 Å². The van der Waals surface area contributed by atoms with Gasteiger partial charge in [0.1, 0.15) is 0 Å². The highest BCUT2D eigenvalue weighted by Gasteiger charge is 2.25. The first-order valence-corrected chi connectivity index (χ1v) is 6.17. The highest BCUT2D eigenvalue weighted by atomic mass is 16.5. The van der Waals surface area contributed by atoms with Gasteiger partial charge >= 0.3 is 5.97 Å². The predicted octanol–water partition coefficient (Wildman–Crippen LogP) is 3.33. The lowest BCUT2D eigenvalue weighted by Crippen LogP contribution is -2.23. The molecule has 3 nitrogen and oxygen atoms in total. The van der Waals surface area contributed by atoms with Crippen LogP contribution in [0.2, 0.25) is 0 Å². The molecule has 0 aliphatic carbocycles. The van der Waals surface area contributed by atoms with E-state index in [4.69, 9.17) is 9.84 Å². The molecule has 0 atom stereocenters. The molecule has 0 rings (SSSR count). The Kier molecular flexibility index (Phi) is 7.39. The van der Waals surface area contributed by atoms with E-state index in [1.165, 1.54) is 6.42 Å². The third-order valence-electron chi connectivity index (χ3n) is 2.74. The molecule has 16 heavy (non-hydrogen) atoms. The fourth-order valence-corrected chi connectivity index (χ4v) is 1.42. The van der Waals surface area contributed by atoms with Crippen molar-refractivity contribution in [3.05, 3.63) is 0 Å². The third kappa shape index (κ3) is 7.69. The maximum Gasteiger partial charge on any atom is 0.309 e. The summed E-state index contributed by atoms with van der Waals surface area (Å²) < 4.78 is 5.47. The van der Waals surface area contributed by atoms with E-state index in [1.807, 2.05) is 0 Å². The van der Waals surface area contributed by atoms with Gasteiger partial charge in [-0.3, -0.25) is 4.79 Å². The maximum absolute atomic E-state index is 10.8. The van der Waals surface area contributed by atoms with E-state index in [9.17, 15) is 4.79 Å². The van der Waals surface area contributed by atoms with Gasteiger partial charge in [-0.15, -0.1) is 0 Å². The Balaban J connectivity index is 3.37. The average Bonchev–Trinajstić information content (AvgIpc) is 2.15. The molecule has 3 heteroatoms. The van der Waals surface area contributed by atoms with E-state index < -0.39 is 11.4 Å². The number of rotatable bonds is 9. The minimum atomic E-state index is -0.729. The molecule has 0 aliphatic heterocycles. The predicted molar refractivity (Wildman–Crippen MR) is 65.5 cm³/mol. The zero-order chi connectivity index (χ0) is 12.6. The van der Waals surface area contributed by atoms with Gasteiger partial charge < -0.3 is 9.84 Å². The quantitative estimate of drug-likeness (QED) is 0.618. The Labute approximate surface area is 99.2 Å². The molecule has 0 heterocycles. The summed E-state index contributed by atoms with van der Waals surface area (Å²) in [5, 5.41) is 8.90. The first-order valence-electron chi connectivity index (χ1n) is 6.17. The molecule has 0 saturated heterocycles. The number of carboxylic acids is 1. The van der Waals surface area contributed by atoms with Crippen LogP contribution in [0.3, 0.4) is 0 Å². The molecule has 0 fully saturated rings. The number of aliphatic carboxylic acids is 1. The summed E-state index contributed by atoms with van der Waals surface area (Å²) in [6, 6.07) is 0. The van der Waals surface area contributed by atoms with Crippen LogP contribution in [-0.2, 0) is 9.53 Å². The highest BCUT2D eigenvalue weighted by molar-refractivity contribution is 5.73. The van der Waals surface area contributed by atoms with Crippen molar-refractivity contribution in [2.24, 2.45) is 11.3 Å². The third-order valence-corrected chi connectivity index (χ3v) is 2.74. The molecule has 0 unspecified atom stereocenters. The van der Waals surface area contributed by atoms with Gasteiger partial charge in [0.25, 0.3) is 0 Å². The van der Waals surface area contributed by atoms with E-state index >= 15 is 0 Å². The zero-order valence-corrected chi connectivity index (χ0v) is 11.1. The first kappa shape index (κ1) is 15.4. The lowest BCUT2D eigenvalue weighted by Gasteiger charge is -2.18. The molecule has 96 valence electrons. The Hall–Kier alpha value is -0.570. The summed E-state index contributed by atoms with van der Waals surface area (Å²) in [5.41, 5.74) is -0.624. The monoisotopic (exact) mass is 230 g/mol. The van der Waals surface area contributed by atoms with Gasteiger partial charge in [-0.2, -0.15) is 0 Å². The number of hydrogen-bond acceptors (Lipinski definition) is 2. The van der Waals surface area contributed by atoms with Crippen LogP contribution in [-0.4, -0.2) is 24.3 Å². The molecule has 0 aromatic heterocycles.